The van der Waals surface area contributed by atoms with E-state index in [0.29, 0.717) is 28.4 Å². The van der Waals surface area contributed by atoms with E-state index < -0.39 is 0 Å². The number of benzene rings is 2. The first kappa shape index (κ1) is 23.6. The number of carbonyl (C=O) groups is 1. The van der Waals surface area contributed by atoms with E-state index >= 15 is 0 Å². The third-order valence-electron chi connectivity index (χ3n) is 5.56. The lowest BCUT2D eigenvalue weighted by molar-refractivity contribution is -0.132. The van der Waals surface area contributed by atoms with Gasteiger partial charge < -0.3 is 14.1 Å². The molecule has 33 heavy (non-hydrogen) atoms. The lowest BCUT2D eigenvalue weighted by Gasteiger charge is -2.34. The predicted molar refractivity (Wildman–Crippen MR) is 125 cm³/mol. The van der Waals surface area contributed by atoms with E-state index in [-0.39, 0.29) is 30.1 Å². The topological polar surface area (TPSA) is 68.5 Å². The summed E-state index contributed by atoms with van der Waals surface area (Å²) in [5.74, 6) is 0.745. The van der Waals surface area contributed by atoms with E-state index in [4.69, 9.17) is 20.8 Å². The highest BCUT2D eigenvalue weighted by Crippen LogP contribution is 2.27. The summed E-state index contributed by atoms with van der Waals surface area (Å²) in [4.78, 5) is 15.1. The van der Waals surface area contributed by atoms with Crippen LogP contribution < -0.4 is 4.74 Å². The summed E-state index contributed by atoms with van der Waals surface area (Å²) in [6.07, 6.45) is 5.40. The third-order valence-corrected chi connectivity index (χ3v) is 6.67. The number of para-hydroxylation sites is 1. The summed E-state index contributed by atoms with van der Waals surface area (Å²) in [5.41, 5.74) is 0.914. The van der Waals surface area contributed by atoms with Crippen LogP contribution in [-0.2, 0) is 17.9 Å². The molecule has 9 heteroatoms. The highest BCUT2D eigenvalue weighted by atomic mass is 35.5. The maximum Gasteiger partial charge on any atom is 0.277 e. The normalized spacial score (nSPS) is 14.2. The largest absolute Gasteiger partial charge is 0.482 e. The van der Waals surface area contributed by atoms with E-state index in [9.17, 15) is 9.18 Å². The summed E-state index contributed by atoms with van der Waals surface area (Å²) in [5, 5.41) is 8.81. The number of nitrogens with zero attached hydrogens (tertiary/aromatic N) is 3. The number of ether oxygens (including phenoxy) is 1. The number of rotatable bonds is 9. The number of halogens is 2. The molecule has 1 fully saturated rings. The molecule has 2 aromatic carbocycles. The van der Waals surface area contributed by atoms with Gasteiger partial charge in [-0.25, -0.2) is 4.39 Å². The van der Waals surface area contributed by atoms with Gasteiger partial charge in [-0.05, 0) is 42.7 Å². The molecule has 3 aromatic rings. The summed E-state index contributed by atoms with van der Waals surface area (Å²) in [6.45, 7) is 0.551. The molecule has 4 rings (SSSR count). The average Bonchev–Trinajstić information content (AvgIpc) is 3.30. The zero-order valence-corrected chi connectivity index (χ0v) is 19.7. The molecule has 0 radical (unpaired) electrons. The van der Waals surface area contributed by atoms with Crippen LogP contribution in [0, 0.1) is 5.82 Å². The fourth-order valence-corrected chi connectivity index (χ4v) is 4.72. The predicted octanol–water partition coefficient (Wildman–Crippen LogP) is 5.89. The third kappa shape index (κ3) is 6.71. The van der Waals surface area contributed by atoms with Crippen LogP contribution in [0.4, 0.5) is 4.39 Å². The van der Waals surface area contributed by atoms with Crippen molar-refractivity contribution in [1.29, 1.82) is 0 Å². The smallest absolute Gasteiger partial charge is 0.277 e. The SMILES string of the molecule is O=C(CSc1nnc(COc2ccccc2Cl)o1)N(Cc1ccc(F)cc1)C1CCCCC1. The average molecular weight is 490 g/mol. The van der Waals surface area contributed by atoms with E-state index in [1.54, 1.807) is 24.3 Å². The molecule has 0 atom stereocenters. The van der Waals surface area contributed by atoms with Gasteiger partial charge in [0.15, 0.2) is 6.61 Å². The lowest BCUT2D eigenvalue weighted by atomic mass is 9.94. The quantitative estimate of drug-likeness (QED) is 0.349. The van der Waals surface area contributed by atoms with Crippen LogP contribution in [0.3, 0.4) is 0 Å². The Kier molecular flexibility index (Phi) is 8.23. The van der Waals surface area contributed by atoms with Crippen LogP contribution in [0.5, 0.6) is 5.75 Å². The Morgan fingerprint density at radius 2 is 1.88 bits per heavy atom. The first-order valence-electron chi connectivity index (χ1n) is 10.9. The van der Waals surface area contributed by atoms with Crippen molar-refractivity contribution in [1.82, 2.24) is 15.1 Å². The van der Waals surface area contributed by atoms with E-state index in [1.807, 2.05) is 17.0 Å². The summed E-state index contributed by atoms with van der Waals surface area (Å²) in [7, 11) is 0. The Morgan fingerprint density at radius 3 is 2.64 bits per heavy atom. The molecular formula is C24H25ClFN3O3S. The molecule has 0 N–H and O–H groups in total. The highest BCUT2D eigenvalue weighted by Gasteiger charge is 2.26. The maximum absolute atomic E-state index is 13.3. The first-order valence-corrected chi connectivity index (χ1v) is 12.3. The van der Waals surface area contributed by atoms with Gasteiger partial charge in [-0.1, -0.05) is 66.9 Å². The molecule has 1 amide bonds. The van der Waals surface area contributed by atoms with Crippen molar-refractivity contribution in [2.24, 2.45) is 0 Å². The fraction of sp³-hybridized carbons (Fsp3) is 0.375. The van der Waals surface area contributed by atoms with Crippen molar-refractivity contribution < 1.29 is 18.3 Å². The Hall–Kier alpha value is -2.58. The van der Waals surface area contributed by atoms with Gasteiger partial charge in [0.05, 0.1) is 10.8 Å². The monoisotopic (exact) mass is 489 g/mol. The van der Waals surface area contributed by atoms with Gasteiger partial charge in [0.2, 0.25) is 5.91 Å². The van der Waals surface area contributed by atoms with Crippen molar-refractivity contribution >= 4 is 29.3 Å². The molecule has 1 aromatic heterocycles. The van der Waals surface area contributed by atoms with Gasteiger partial charge in [0.25, 0.3) is 11.1 Å². The number of hydrogen-bond acceptors (Lipinski definition) is 6. The van der Waals surface area contributed by atoms with Crippen molar-refractivity contribution in [3.05, 3.63) is 70.8 Å². The Balaban J connectivity index is 1.34. The molecule has 174 valence electrons. The van der Waals surface area contributed by atoms with Gasteiger partial charge in [0.1, 0.15) is 11.6 Å². The van der Waals surface area contributed by atoms with E-state index in [2.05, 4.69) is 10.2 Å². The molecule has 0 bridgehead atoms. The minimum atomic E-state index is -0.282. The van der Waals surface area contributed by atoms with Crippen molar-refractivity contribution in [3.63, 3.8) is 0 Å². The molecule has 6 nitrogen and oxygen atoms in total. The minimum Gasteiger partial charge on any atom is -0.482 e. The van der Waals surface area contributed by atoms with Crippen LogP contribution in [-0.4, -0.2) is 32.8 Å². The molecule has 0 spiro atoms. The number of amides is 1. The maximum atomic E-state index is 13.3. The standard InChI is InChI=1S/C24H25ClFN3O3S/c25-20-8-4-5-9-21(20)31-15-22-27-28-24(32-22)33-16-23(30)29(19-6-2-1-3-7-19)14-17-10-12-18(26)13-11-17/h4-5,8-13,19H,1-3,6-7,14-16H2. The van der Waals surface area contributed by atoms with E-state index in [1.165, 1.54) is 30.3 Å². The second-order valence-corrected chi connectivity index (χ2v) is 9.24. The lowest BCUT2D eigenvalue weighted by Crippen LogP contribution is -2.41. The fourth-order valence-electron chi connectivity index (χ4n) is 3.86. The van der Waals surface area contributed by atoms with Crippen LogP contribution in [0.2, 0.25) is 5.02 Å². The molecule has 1 aliphatic rings. The zero-order valence-electron chi connectivity index (χ0n) is 18.1. The molecule has 1 heterocycles. The number of thioether (sulfide) groups is 1. The summed E-state index contributed by atoms with van der Waals surface area (Å²) >= 11 is 7.29. The number of carbonyl (C=O) groups excluding carboxylic acids is 1. The van der Waals surface area contributed by atoms with Gasteiger partial charge in [-0.2, -0.15) is 0 Å². The highest BCUT2D eigenvalue weighted by molar-refractivity contribution is 7.99. The van der Waals surface area contributed by atoms with E-state index in [0.717, 1.165) is 31.2 Å². The van der Waals surface area contributed by atoms with Crippen LogP contribution >= 0.6 is 23.4 Å². The summed E-state index contributed by atoms with van der Waals surface area (Å²) < 4.78 is 24.5. The van der Waals surface area contributed by atoms with Gasteiger partial charge in [0, 0.05) is 12.6 Å². The second-order valence-electron chi connectivity index (χ2n) is 7.91. The molecule has 0 aliphatic heterocycles. The molecular weight excluding hydrogens is 465 g/mol. The van der Waals surface area contributed by atoms with Gasteiger partial charge in [-0.15, -0.1) is 10.2 Å². The van der Waals surface area contributed by atoms with Crippen LogP contribution in [0.25, 0.3) is 0 Å². The summed E-state index contributed by atoms with van der Waals surface area (Å²) in [6, 6.07) is 13.7. The molecule has 1 saturated carbocycles. The van der Waals surface area contributed by atoms with Crippen LogP contribution in [0.1, 0.15) is 43.6 Å². The molecule has 0 saturated heterocycles. The Bertz CT molecular complexity index is 1060. The second kappa shape index (κ2) is 11.5. The zero-order chi connectivity index (χ0) is 23.0. The van der Waals surface area contributed by atoms with Crippen molar-refractivity contribution in [3.8, 4) is 5.75 Å². The number of hydrogen-bond donors (Lipinski definition) is 0. The minimum absolute atomic E-state index is 0.00305. The van der Waals surface area contributed by atoms with Crippen molar-refractivity contribution in [2.45, 2.75) is 56.5 Å². The first-order chi connectivity index (χ1) is 16.1. The van der Waals surface area contributed by atoms with Gasteiger partial charge in [-0.3, -0.25) is 4.79 Å². The molecule has 0 unspecified atom stereocenters. The Labute approximate surface area is 201 Å². The number of aromatic nitrogens is 2. The van der Waals surface area contributed by atoms with Crippen LogP contribution in [0.15, 0.2) is 58.2 Å². The molecule has 1 aliphatic carbocycles. The van der Waals surface area contributed by atoms with Gasteiger partial charge >= 0.3 is 0 Å². The van der Waals surface area contributed by atoms with Crippen molar-refractivity contribution in [2.75, 3.05) is 5.75 Å². The Morgan fingerprint density at radius 1 is 1.12 bits per heavy atom.